The molecule has 1 nitrogen and oxygen atoms in total. The van der Waals surface area contributed by atoms with Crippen LogP contribution in [0.25, 0.3) is 0 Å². The third kappa shape index (κ3) is 0.609. The van der Waals surface area contributed by atoms with Gasteiger partial charge in [-0.2, -0.15) is 0 Å². The van der Waals surface area contributed by atoms with Gasteiger partial charge < -0.3 is 0 Å². The van der Waals surface area contributed by atoms with Gasteiger partial charge in [-0.25, -0.2) is 0 Å². The minimum Gasteiger partial charge on any atom is -0.299 e. The lowest BCUT2D eigenvalue weighted by Crippen LogP contribution is -2.35. The Morgan fingerprint density at radius 1 is 1.40 bits per heavy atom. The van der Waals surface area contributed by atoms with E-state index in [2.05, 4.69) is 13.8 Å². The summed E-state index contributed by atoms with van der Waals surface area (Å²) in [7, 11) is 0. The van der Waals surface area contributed by atoms with E-state index in [-0.39, 0.29) is 0 Å². The lowest BCUT2D eigenvalue weighted by atomic mass is 9.72. The van der Waals surface area contributed by atoms with Crippen molar-refractivity contribution >= 4 is 5.78 Å². The van der Waals surface area contributed by atoms with E-state index in [4.69, 9.17) is 0 Å². The number of carbonyl (C=O) groups is 1. The van der Waals surface area contributed by atoms with Crippen LogP contribution in [0.15, 0.2) is 0 Å². The summed E-state index contributed by atoms with van der Waals surface area (Å²) in [6.07, 6.45) is 2.06. The smallest absolute Gasteiger partial charge is 0.136 e. The van der Waals surface area contributed by atoms with Crippen molar-refractivity contribution in [3.63, 3.8) is 0 Å². The molecule has 56 valence electrons. The Morgan fingerprint density at radius 3 is 2.50 bits per heavy atom. The zero-order valence-corrected chi connectivity index (χ0v) is 6.63. The molecule has 4 atom stereocenters. The van der Waals surface area contributed by atoms with Crippen molar-refractivity contribution in [3.05, 3.63) is 0 Å². The van der Waals surface area contributed by atoms with Crippen molar-refractivity contribution in [2.45, 2.75) is 26.7 Å². The number of hydrogen-bond acceptors (Lipinski definition) is 1. The van der Waals surface area contributed by atoms with Gasteiger partial charge in [-0.1, -0.05) is 13.8 Å². The van der Waals surface area contributed by atoms with Crippen LogP contribution in [0.2, 0.25) is 0 Å². The van der Waals surface area contributed by atoms with E-state index >= 15 is 0 Å². The van der Waals surface area contributed by atoms with Crippen LogP contribution >= 0.6 is 0 Å². The van der Waals surface area contributed by atoms with Crippen LogP contribution in [0.5, 0.6) is 0 Å². The van der Waals surface area contributed by atoms with E-state index in [9.17, 15) is 4.79 Å². The molecule has 0 radical (unpaired) electrons. The van der Waals surface area contributed by atoms with Crippen LogP contribution in [-0.2, 0) is 4.79 Å². The number of fused-ring (bicyclic) bond motifs is 1. The monoisotopic (exact) mass is 138 g/mol. The fraction of sp³-hybridized carbons (Fsp3) is 0.889. The van der Waals surface area contributed by atoms with Gasteiger partial charge in [-0.05, 0) is 24.2 Å². The van der Waals surface area contributed by atoms with Gasteiger partial charge in [-0.3, -0.25) is 4.79 Å². The number of hydrogen-bond donors (Lipinski definition) is 0. The summed E-state index contributed by atoms with van der Waals surface area (Å²) in [6, 6.07) is 0. The molecule has 0 aromatic heterocycles. The standard InChI is InChI=1S/C9H14O/c1-5-3-8-7(6(5)2)4-9(8)10/h5-8H,3-4H2,1-2H3. The second kappa shape index (κ2) is 1.84. The number of Topliss-reactive ketones (excluding diaryl/α,β-unsaturated/α-hetero) is 1. The highest BCUT2D eigenvalue weighted by Crippen LogP contribution is 2.50. The van der Waals surface area contributed by atoms with Crippen molar-refractivity contribution in [1.29, 1.82) is 0 Å². The molecule has 2 saturated carbocycles. The molecule has 0 aromatic carbocycles. The van der Waals surface area contributed by atoms with Gasteiger partial charge in [0.2, 0.25) is 0 Å². The van der Waals surface area contributed by atoms with E-state index in [1.54, 1.807) is 0 Å². The summed E-state index contributed by atoms with van der Waals surface area (Å²) in [6.45, 7) is 4.57. The average molecular weight is 138 g/mol. The van der Waals surface area contributed by atoms with Crippen molar-refractivity contribution in [1.82, 2.24) is 0 Å². The summed E-state index contributed by atoms with van der Waals surface area (Å²) in [4.78, 5) is 11.0. The highest BCUT2D eigenvalue weighted by Gasteiger charge is 2.49. The molecule has 10 heavy (non-hydrogen) atoms. The normalized spacial score (nSPS) is 52.4. The van der Waals surface area contributed by atoms with Crippen molar-refractivity contribution in [2.75, 3.05) is 0 Å². The molecule has 0 aromatic rings. The van der Waals surface area contributed by atoms with Crippen molar-refractivity contribution < 1.29 is 4.79 Å². The second-order valence-electron chi connectivity index (χ2n) is 4.01. The zero-order chi connectivity index (χ0) is 7.30. The third-order valence-electron chi connectivity index (χ3n) is 3.57. The summed E-state index contributed by atoms with van der Waals surface area (Å²) in [5.74, 6) is 3.37. The third-order valence-corrected chi connectivity index (χ3v) is 3.57. The largest absolute Gasteiger partial charge is 0.299 e. The van der Waals surface area contributed by atoms with Gasteiger partial charge in [0.25, 0.3) is 0 Å². The Bertz CT molecular complexity index is 174. The van der Waals surface area contributed by atoms with Gasteiger partial charge in [-0.15, -0.1) is 0 Å². The number of carbonyl (C=O) groups excluding carboxylic acids is 1. The molecule has 0 spiro atoms. The predicted octanol–water partition coefficient (Wildman–Crippen LogP) is 1.87. The molecular weight excluding hydrogens is 124 g/mol. The van der Waals surface area contributed by atoms with E-state index in [0.717, 1.165) is 24.2 Å². The SMILES string of the molecule is CC1CC2C(=O)CC2C1C. The maximum atomic E-state index is 11.0. The minimum absolute atomic E-state index is 0.477. The molecule has 2 aliphatic rings. The average Bonchev–Trinajstić information content (AvgIpc) is 2.12. The summed E-state index contributed by atoms with van der Waals surface area (Å²) < 4.78 is 0. The molecule has 0 saturated heterocycles. The van der Waals surface area contributed by atoms with Gasteiger partial charge in [0.1, 0.15) is 5.78 Å². The molecule has 0 aliphatic heterocycles. The van der Waals surface area contributed by atoms with E-state index in [0.29, 0.717) is 11.7 Å². The Hall–Kier alpha value is -0.330. The number of rotatable bonds is 0. The van der Waals surface area contributed by atoms with Crippen molar-refractivity contribution in [2.24, 2.45) is 23.7 Å². The first-order chi connectivity index (χ1) is 4.70. The maximum Gasteiger partial charge on any atom is 0.136 e. The van der Waals surface area contributed by atoms with E-state index in [1.165, 1.54) is 6.42 Å². The molecule has 0 bridgehead atoms. The second-order valence-corrected chi connectivity index (χ2v) is 4.01. The van der Waals surface area contributed by atoms with Crippen LogP contribution < -0.4 is 0 Å². The highest BCUT2D eigenvalue weighted by molar-refractivity contribution is 5.88. The van der Waals surface area contributed by atoms with E-state index in [1.807, 2.05) is 0 Å². The molecular formula is C9H14O. The van der Waals surface area contributed by atoms with Crippen LogP contribution in [0.3, 0.4) is 0 Å². The van der Waals surface area contributed by atoms with Gasteiger partial charge >= 0.3 is 0 Å². The topological polar surface area (TPSA) is 17.1 Å². The fourth-order valence-electron chi connectivity index (χ4n) is 2.50. The summed E-state index contributed by atoms with van der Waals surface area (Å²) in [5, 5.41) is 0. The molecule has 2 aliphatic carbocycles. The first kappa shape index (κ1) is 6.38. The van der Waals surface area contributed by atoms with Crippen molar-refractivity contribution in [3.8, 4) is 0 Å². The quantitative estimate of drug-likeness (QED) is 0.499. The summed E-state index contributed by atoms with van der Waals surface area (Å²) >= 11 is 0. The molecule has 4 unspecified atom stereocenters. The first-order valence-corrected chi connectivity index (χ1v) is 4.23. The van der Waals surface area contributed by atoms with Crippen LogP contribution in [0, 0.1) is 23.7 Å². The Morgan fingerprint density at radius 2 is 2.10 bits per heavy atom. The Kier molecular flexibility index (Phi) is 1.17. The fourth-order valence-corrected chi connectivity index (χ4v) is 2.50. The zero-order valence-electron chi connectivity index (χ0n) is 6.63. The van der Waals surface area contributed by atoms with Gasteiger partial charge in [0.15, 0.2) is 0 Å². The molecule has 2 rings (SSSR count). The van der Waals surface area contributed by atoms with Gasteiger partial charge in [0.05, 0.1) is 0 Å². The predicted molar refractivity (Wildman–Crippen MR) is 39.5 cm³/mol. The molecule has 0 heterocycles. The molecule has 0 N–H and O–H groups in total. The highest BCUT2D eigenvalue weighted by atomic mass is 16.1. The summed E-state index contributed by atoms with van der Waals surface area (Å²) in [5.41, 5.74) is 0. The lowest BCUT2D eigenvalue weighted by molar-refractivity contribution is -0.133. The lowest BCUT2D eigenvalue weighted by Gasteiger charge is -2.31. The van der Waals surface area contributed by atoms with Gasteiger partial charge in [0, 0.05) is 12.3 Å². The van der Waals surface area contributed by atoms with E-state index < -0.39 is 0 Å². The first-order valence-electron chi connectivity index (χ1n) is 4.23. The number of ketones is 1. The van der Waals surface area contributed by atoms with Crippen LogP contribution in [-0.4, -0.2) is 5.78 Å². The Labute approximate surface area is 61.8 Å². The maximum absolute atomic E-state index is 11.0. The van der Waals surface area contributed by atoms with Crippen LogP contribution in [0.4, 0.5) is 0 Å². The van der Waals surface area contributed by atoms with Crippen LogP contribution in [0.1, 0.15) is 26.7 Å². The molecule has 1 heteroatoms. The minimum atomic E-state index is 0.477. The Balaban J connectivity index is 2.13. The molecule has 2 fully saturated rings. The molecule has 0 amide bonds.